The fraction of sp³-hybridized carbons (Fsp3) is 0.0625. The van der Waals surface area contributed by atoms with Gasteiger partial charge in [-0.2, -0.15) is 0 Å². The number of nitrogens with zero attached hydrogens (tertiary/aromatic N) is 3. The van der Waals surface area contributed by atoms with Crippen molar-refractivity contribution in [3.05, 3.63) is 72.1 Å². The average Bonchev–Trinajstić information content (AvgIpc) is 3.03. The molecule has 0 saturated heterocycles. The molecule has 3 rings (SSSR count). The summed E-state index contributed by atoms with van der Waals surface area (Å²) in [6.45, 7) is 0.294. The predicted molar refractivity (Wildman–Crippen MR) is 79.1 cm³/mol. The van der Waals surface area contributed by atoms with Crippen LogP contribution in [0.15, 0.2) is 60.8 Å². The second-order valence-electron chi connectivity index (χ2n) is 4.61. The fourth-order valence-electron chi connectivity index (χ4n) is 1.95. The Morgan fingerprint density at radius 2 is 1.95 bits per heavy atom. The SMILES string of the molecule is O=C(O)c1cccc(-n2cc(COc3ccccc3)nn2)c1. The number of para-hydroxylation sites is 1. The van der Waals surface area contributed by atoms with Gasteiger partial charge in [-0.15, -0.1) is 5.10 Å². The van der Waals surface area contributed by atoms with Crippen molar-refractivity contribution in [3.8, 4) is 11.4 Å². The van der Waals surface area contributed by atoms with E-state index in [4.69, 9.17) is 9.84 Å². The molecule has 0 amide bonds. The summed E-state index contributed by atoms with van der Waals surface area (Å²) < 4.78 is 7.12. The van der Waals surface area contributed by atoms with E-state index in [1.165, 1.54) is 10.7 Å². The first kappa shape index (κ1) is 13.8. The summed E-state index contributed by atoms with van der Waals surface area (Å²) in [6.07, 6.45) is 1.71. The van der Waals surface area contributed by atoms with Gasteiger partial charge in [-0.1, -0.05) is 29.5 Å². The van der Waals surface area contributed by atoms with E-state index in [-0.39, 0.29) is 5.56 Å². The Bertz CT molecular complexity index is 784. The van der Waals surface area contributed by atoms with Crippen LogP contribution in [0.1, 0.15) is 16.1 Å². The summed E-state index contributed by atoms with van der Waals surface area (Å²) in [7, 11) is 0. The summed E-state index contributed by atoms with van der Waals surface area (Å²) in [5.74, 6) is -0.223. The molecule has 22 heavy (non-hydrogen) atoms. The highest BCUT2D eigenvalue weighted by molar-refractivity contribution is 5.88. The van der Waals surface area contributed by atoms with Crippen LogP contribution in [0, 0.1) is 0 Å². The molecule has 3 aromatic rings. The van der Waals surface area contributed by atoms with Crippen LogP contribution in [0.2, 0.25) is 0 Å². The van der Waals surface area contributed by atoms with Gasteiger partial charge in [-0.3, -0.25) is 0 Å². The highest BCUT2D eigenvalue weighted by Crippen LogP contribution is 2.13. The van der Waals surface area contributed by atoms with Crippen molar-refractivity contribution >= 4 is 5.97 Å². The standard InChI is InChI=1S/C16H13N3O3/c20-16(21)12-5-4-6-14(9-12)19-10-13(17-18-19)11-22-15-7-2-1-3-8-15/h1-10H,11H2,(H,20,21). The maximum Gasteiger partial charge on any atom is 0.335 e. The molecular formula is C16H13N3O3. The van der Waals surface area contributed by atoms with Crippen LogP contribution >= 0.6 is 0 Å². The molecule has 0 atom stereocenters. The van der Waals surface area contributed by atoms with E-state index in [0.29, 0.717) is 18.0 Å². The number of aromatic carboxylic acids is 1. The number of hydrogen-bond acceptors (Lipinski definition) is 4. The van der Waals surface area contributed by atoms with E-state index in [1.54, 1.807) is 24.4 Å². The Labute approximate surface area is 126 Å². The van der Waals surface area contributed by atoms with Crippen molar-refractivity contribution in [1.29, 1.82) is 0 Å². The minimum atomic E-state index is -0.977. The molecular weight excluding hydrogens is 282 g/mol. The smallest absolute Gasteiger partial charge is 0.335 e. The maximum atomic E-state index is 11.0. The molecule has 0 fully saturated rings. The van der Waals surface area contributed by atoms with Crippen LogP contribution in [0.25, 0.3) is 5.69 Å². The minimum Gasteiger partial charge on any atom is -0.487 e. The lowest BCUT2D eigenvalue weighted by Gasteiger charge is -2.02. The molecule has 0 aliphatic heterocycles. The zero-order chi connectivity index (χ0) is 15.4. The van der Waals surface area contributed by atoms with Gasteiger partial charge in [-0.05, 0) is 30.3 Å². The topological polar surface area (TPSA) is 77.2 Å². The Kier molecular flexibility index (Phi) is 3.82. The van der Waals surface area contributed by atoms with Gasteiger partial charge in [0, 0.05) is 0 Å². The molecule has 0 radical (unpaired) electrons. The van der Waals surface area contributed by atoms with E-state index in [1.807, 2.05) is 30.3 Å². The normalized spacial score (nSPS) is 10.4. The summed E-state index contributed by atoms with van der Waals surface area (Å²) in [6, 6.07) is 15.9. The molecule has 0 bridgehead atoms. The fourth-order valence-corrected chi connectivity index (χ4v) is 1.95. The number of ether oxygens (including phenoxy) is 1. The number of carboxylic acids is 1. The largest absolute Gasteiger partial charge is 0.487 e. The van der Waals surface area contributed by atoms with Gasteiger partial charge in [0.1, 0.15) is 18.1 Å². The third kappa shape index (κ3) is 3.12. The summed E-state index contributed by atoms with van der Waals surface area (Å²) in [5.41, 5.74) is 1.50. The molecule has 0 spiro atoms. The third-order valence-electron chi connectivity index (χ3n) is 3.03. The monoisotopic (exact) mass is 295 g/mol. The van der Waals surface area contributed by atoms with E-state index in [0.717, 1.165) is 5.75 Å². The van der Waals surface area contributed by atoms with Crippen LogP contribution in [0.5, 0.6) is 5.75 Å². The second kappa shape index (κ2) is 6.09. The van der Waals surface area contributed by atoms with Crippen molar-refractivity contribution in [2.24, 2.45) is 0 Å². The van der Waals surface area contributed by atoms with Crippen molar-refractivity contribution in [3.63, 3.8) is 0 Å². The van der Waals surface area contributed by atoms with Crippen LogP contribution in [-0.4, -0.2) is 26.1 Å². The van der Waals surface area contributed by atoms with Crippen LogP contribution in [0.4, 0.5) is 0 Å². The van der Waals surface area contributed by atoms with Crippen molar-refractivity contribution in [2.45, 2.75) is 6.61 Å². The van der Waals surface area contributed by atoms with Gasteiger partial charge in [0.2, 0.25) is 0 Å². The molecule has 1 heterocycles. The first-order valence-corrected chi connectivity index (χ1v) is 6.65. The first-order chi connectivity index (χ1) is 10.7. The Morgan fingerprint density at radius 1 is 1.14 bits per heavy atom. The van der Waals surface area contributed by atoms with Gasteiger partial charge in [0.05, 0.1) is 17.4 Å². The number of rotatable bonds is 5. The number of hydrogen-bond donors (Lipinski definition) is 1. The number of carboxylic acid groups (broad SMARTS) is 1. The Balaban J connectivity index is 1.73. The van der Waals surface area contributed by atoms with E-state index in [9.17, 15) is 4.79 Å². The lowest BCUT2D eigenvalue weighted by molar-refractivity contribution is 0.0697. The maximum absolute atomic E-state index is 11.0. The van der Waals surface area contributed by atoms with Crippen LogP contribution < -0.4 is 4.74 Å². The van der Waals surface area contributed by atoms with Crippen molar-refractivity contribution in [2.75, 3.05) is 0 Å². The summed E-state index contributed by atoms with van der Waals surface area (Å²) >= 11 is 0. The minimum absolute atomic E-state index is 0.204. The third-order valence-corrected chi connectivity index (χ3v) is 3.03. The molecule has 2 aromatic carbocycles. The quantitative estimate of drug-likeness (QED) is 0.782. The Morgan fingerprint density at radius 3 is 2.73 bits per heavy atom. The predicted octanol–water partition coefficient (Wildman–Crippen LogP) is 2.54. The van der Waals surface area contributed by atoms with E-state index in [2.05, 4.69) is 10.3 Å². The molecule has 0 aliphatic carbocycles. The van der Waals surface area contributed by atoms with Gasteiger partial charge < -0.3 is 9.84 Å². The second-order valence-corrected chi connectivity index (χ2v) is 4.61. The average molecular weight is 295 g/mol. The van der Waals surface area contributed by atoms with Crippen LogP contribution in [0.3, 0.4) is 0 Å². The molecule has 1 aromatic heterocycles. The molecule has 6 nitrogen and oxygen atoms in total. The number of benzene rings is 2. The Hall–Kier alpha value is -3.15. The van der Waals surface area contributed by atoms with E-state index >= 15 is 0 Å². The van der Waals surface area contributed by atoms with Gasteiger partial charge in [0.15, 0.2) is 0 Å². The van der Waals surface area contributed by atoms with Gasteiger partial charge in [0.25, 0.3) is 0 Å². The zero-order valence-electron chi connectivity index (χ0n) is 11.6. The van der Waals surface area contributed by atoms with Crippen molar-refractivity contribution in [1.82, 2.24) is 15.0 Å². The lowest BCUT2D eigenvalue weighted by atomic mass is 10.2. The van der Waals surface area contributed by atoms with Crippen LogP contribution in [-0.2, 0) is 6.61 Å². The highest BCUT2D eigenvalue weighted by atomic mass is 16.5. The first-order valence-electron chi connectivity index (χ1n) is 6.65. The molecule has 0 aliphatic rings. The molecule has 1 N–H and O–H groups in total. The molecule has 0 saturated carbocycles. The molecule has 6 heteroatoms. The lowest BCUT2D eigenvalue weighted by Crippen LogP contribution is -2.00. The molecule has 110 valence electrons. The van der Waals surface area contributed by atoms with Gasteiger partial charge >= 0.3 is 5.97 Å². The summed E-state index contributed by atoms with van der Waals surface area (Å²) in [5, 5.41) is 17.0. The van der Waals surface area contributed by atoms with E-state index < -0.39 is 5.97 Å². The van der Waals surface area contributed by atoms with Gasteiger partial charge in [-0.25, -0.2) is 9.48 Å². The zero-order valence-corrected chi connectivity index (χ0v) is 11.6. The van der Waals surface area contributed by atoms with Crippen molar-refractivity contribution < 1.29 is 14.6 Å². The number of aromatic nitrogens is 3. The molecule has 0 unspecified atom stereocenters. The summed E-state index contributed by atoms with van der Waals surface area (Å²) in [4.78, 5) is 11.0. The number of carbonyl (C=O) groups is 1. The highest BCUT2D eigenvalue weighted by Gasteiger charge is 2.07.